The zero-order valence-corrected chi connectivity index (χ0v) is 15.8. The van der Waals surface area contributed by atoms with Crippen LogP contribution in [0.1, 0.15) is 43.5 Å². The van der Waals surface area contributed by atoms with Gasteiger partial charge in [-0.1, -0.05) is 19.9 Å². The average molecular weight is 366 g/mol. The van der Waals surface area contributed by atoms with E-state index in [-0.39, 0.29) is 36.2 Å². The van der Waals surface area contributed by atoms with Crippen molar-refractivity contribution in [3.8, 4) is 0 Å². The van der Waals surface area contributed by atoms with Crippen molar-refractivity contribution in [1.29, 1.82) is 0 Å². The molecule has 25 heavy (non-hydrogen) atoms. The number of halogens is 1. The van der Waals surface area contributed by atoms with Crippen LogP contribution in [0.2, 0.25) is 0 Å². The molecule has 1 aliphatic heterocycles. The second-order valence-corrected chi connectivity index (χ2v) is 7.03. The number of carbonyl (C=O) groups excluding carboxylic acids is 2. The highest BCUT2D eigenvalue weighted by molar-refractivity contribution is 5.98. The van der Waals surface area contributed by atoms with E-state index in [1.165, 1.54) is 0 Å². The Balaban J connectivity index is 0.00000225. The molecule has 0 spiro atoms. The highest BCUT2D eigenvalue weighted by atomic mass is 35.5. The van der Waals surface area contributed by atoms with Gasteiger partial charge in [0, 0.05) is 36.3 Å². The van der Waals surface area contributed by atoms with E-state index in [1.54, 1.807) is 6.07 Å². The van der Waals surface area contributed by atoms with Gasteiger partial charge in [0.2, 0.25) is 5.91 Å². The first-order chi connectivity index (χ1) is 11.6. The fourth-order valence-electron chi connectivity index (χ4n) is 3.41. The van der Waals surface area contributed by atoms with Crippen LogP contribution in [-0.4, -0.2) is 42.4 Å². The molecule has 0 bridgehead atoms. The lowest BCUT2D eigenvalue weighted by atomic mass is 10.1. The molecule has 3 atom stereocenters. The predicted molar refractivity (Wildman–Crippen MR) is 102 cm³/mol. The molecule has 2 N–H and O–H groups in total. The van der Waals surface area contributed by atoms with Crippen LogP contribution in [-0.2, 0) is 4.79 Å². The topological polar surface area (TPSA) is 61.4 Å². The molecule has 1 aliphatic carbocycles. The van der Waals surface area contributed by atoms with E-state index in [4.69, 9.17) is 0 Å². The minimum absolute atomic E-state index is 0. The molecule has 138 valence electrons. The zero-order chi connectivity index (χ0) is 17.1. The Bertz CT molecular complexity index is 616. The zero-order valence-electron chi connectivity index (χ0n) is 15.0. The normalized spacial score (nSPS) is 24.3. The number of hydrogen-bond donors (Lipinski definition) is 2. The summed E-state index contributed by atoms with van der Waals surface area (Å²) in [5, 5.41) is 6.28. The summed E-state index contributed by atoms with van der Waals surface area (Å²) in [5.74, 6) is 0.731. The molecule has 1 aromatic carbocycles. The number of carbonyl (C=O) groups is 2. The van der Waals surface area contributed by atoms with Crippen LogP contribution in [0, 0.1) is 11.8 Å². The minimum atomic E-state index is 0. The van der Waals surface area contributed by atoms with Crippen molar-refractivity contribution in [2.45, 2.75) is 39.2 Å². The maximum absolute atomic E-state index is 12.9. The molecule has 3 unspecified atom stereocenters. The van der Waals surface area contributed by atoms with Crippen LogP contribution in [0.25, 0.3) is 0 Å². The number of nitrogens with one attached hydrogen (secondary N) is 2. The molecule has 1 saturated heterocycles. The van der Waals surface area contributed by atoms with E-state index >= 15 is 0 Å². The maximum Gasteiger partial charge on any atom is 0.254 e. The first-order valence-corrected chi connectivity index (χ1v) is 9.02. The minimum Gasteiger partial charge on any atom is -0.334 e. The summed E-state index contributed by atoms with van der Waals surface area (Å²) in [6.45, 7) is 6.77. The van der Waals surface area contributed by atoms with E-state index < -0.39 is 0 Å². The Morgan fingerprint density at radius 3 is 2.72 bits per heavy atom. The quantitative estimate of drug-likeness (QED) is 0.814. The Hall–Kier alpha value is -1.59. The molecule has 6 heteroatoms. The Morgan fingerprint density at radius 2 is 2.12 bits per heavy atom. The smallest absolute Gasteiger partial charge is 0.254 e. The number of benzene rings is 1. The lowest BCUT2D eigenvalue weighted by Crippen LogP contribution is -2.42. The predicted octanol–water partition coefficient (Wildman–Crippen LogP) is 2.92. The molecule has 2 amide bonds. The Labute approximate surface area is 155 Å². The second kappa shape index (κ2) is 8.68. The van der Waals surface area contributed by atoms with Crippen LogP contribution < -0.4 is 10.6 Å². The third-order valence-corrected chi connectivity index (χ3v) is 5.02. The average Bonchev–Trinajstić information content (AvgIpc) is 3.09. The third-order valence-electron chi connectivity index (χ3n) is 5.02. The SMILES string of the molecule is CCCN(C(=O)c1cccc(NC(=O)C2CC2C)c1)C1CCNC1.Cl. The van der Waals surface area contributed by atoms with Crippen molar-refractivity contribution in [3.05, 3.63) is 29.8 Å². The molecule has 1 heterocycles. The van der Waals surface area contributed by atoms with E-state index in [9.17, 15) is 9.59 Å². The summed E-state index contributed by atoms with van der Waals surface area (Å²) < 4.78 is 0. The van der Waals surface area contributed by atoms with E-state index in [2.05, 4.69) is 24.5 Å². The van der Waals surface area contributed by atoms with Gasteiger partial charge in [0.05, 0.1) is 0 Å². The summed E-state index contributed by atoms with van der Waals surface area (Å²) >= 11 is 0. The van der Waals surface area contributed by atoms with Crippen molar-refractivity contribution in [2.75, 3.05) is 25.0 Å². The summed E-state index contributed by atoms with van der Waals surface area (Å²) in [7, 11) is 0. The highest BCUT2D eigenvalue weighted by Crippen LogP contribution is 2.38. The molecule has 0 aromatic heterocycles. The van der Waals surface area contributed by atoms with Crippen LogP contribution in [0.3, 0.4) is 0 Å². The van der Waals surface area contributed by atoms with Crippen LogP contribution in [0.4, 0.5) is 5.69 Å². The lowest BCUT2D eigenvalue weighted by Gasteiger charge is -2.28. The Kier molecular flexibility index (Phi) is 6.85. The van der Waals surface area contributed by atoms with E-state index in [0.29, 0.717) is 17.2 Å². The fourth-order valence-corrected chi connectivity index (χ4v) is 3.41. The molecule has 2 fully saturated rings. The van der Waals surface area contributed by atoms with Gasteiger partial charge in [0.25, 0.3) is 5.91 Å². The summed E-state index contributed by atoms with van der Waals surface area (Å²) in [6.07, 6.45) is 2.91. The van der Waals surface area contributed by atoms with Crippen molar-refractivity contribution < 1.29 is 9.59 Å². The molecule has 1 saturated carbocycles. The fraction of sp³-hybridized carbons (Fsp3) is 0.579. The number of nitrogens with zero attached hydrogens (tertiary/aromatic N) is 1. The van der Waals surface area contributed by atoms with Gasteiger partial charge in [0.1, 0.15) is 0 Å². The standard InChI is InChI=1S/C19H27N3O2.ClH/c1-3-9-22(16-7-8-20-12-16)19(24)14-5-4-6-15(11-14)21-18(23)17-10-13(17)2;/h4-6,11,13,16-17,20H,3,7-10,12H2,1-2H3,(H,21,23);1H. The van der Waals surface area contributed by atoms with Gasteiger partial charge in [-0.15, -0.1) is 12.4 Å². The van der Waals surface area contributed by atoms with Gasteiger partial charge in [0.15, 0.2) is 0 Å². The molecule has 3 rings (SSSR count). The van der Waals surface area contributed by atoms with Gasteiger partial charge in [-0.2, -0.15) is 0 Å². The van der Waals surface area contributed by atoms with Crippen molar-refractivity contribution in [1.82, 2.24) is 10.2 Å². The molecular weight excluding hydrogens is 338 g/mol. The number of hydrogen-bond acceptors (Lipinski definition) is 3. The van der Waals surface area contributed by atoms with E-state index in [1.807, 2.05) is 23.1 Å². The van der Waals surface area contributed by atoms with Gasteiger partial charge >= 0.3 is 0 Å². The number of rotatable bonds is 6. The summed E-state index contributed by atoms with van der Waals surface area (Å²) in [5.41, 5.74) is 1.36. The van der Waals surface area contributed by atoms with Crippen LogP contribution in [0.15, 0.2) is 24.3 Å². The van der Waals surface area contributed by atoms with E-state index in [0.717, 1.165) is 38.9 Å². The van der Waals surface area contributed by atoms with Crippen molar-refractivity contribution in [2.24, 2.45) is 11.8 Å². The molecule has 5 nitrogen and oxygen atoms in total. The molecule has 1 aromatic rings. The highest BCUT2D eigenvalue weighted by Gasteiger charge is 2.39. The van der Waals surface area contributed by atoms with Crippen LogP contribution >= 0.6 is 12.4 Å². The van der Waals surface area contributed by atoms with Gasteiger partial charge in [-0.25, -0.2) is 0 Å². The second-order valence-electron chi connectivity index (χ2n) is 7.03. The first-order valence-electron chi connectivity index (χ1n) is 9.02. The number of amides is 2. The molecule has 2 aliphatic rings. The van der Waals surface area contributed by atoms with Gasteiger partial charge < -0.3 is 15.5 Å². The largest absolute Gasteiger partial charge is 0.334 e. The first kappa shape index (κ1) is 19.7. The molecular formula is C19H28ClN3O2. The Morgan fingerprint density at radius 1 is 1.36 bits per heavy atom. The van der Waals surface area contributed by atoms with Crippen molar-refractivity contribution >= 4 is 29.9 Å². The summed E-state index contributed by atoms with van der Waals surface area (Å²) in [4.78, 5) is 27.0. The molecule has 0 radical (unpaired) electrons. The maximum atomic E-state index is 12.9. The summed E-state index contributed by atoms with van der Waals surface area (Å²) in [6, 6.07) is 7.60. The lowest BCUT2D eigenvalue weighted by molar-refractivity contribution is -0.117. The third kappa shape index (κ3) is 4.73. The monoisotopic (exact) mass is 365 g/mol. The number of anilines is 1. The van der Waals surface area contributed by atoms with Gasteiger partial charge in [-0.3, -0.25) is 9.59 Å². The van der Waals surface area contributed by atoms with Gasteiger partial charge in [-0.05, 0) is 49.9 Å². The van der Waals surface area contributed by atoms with Crippen LogP contribution in [0.5, 0.6) is 0 Å². The van der Waals surface area contributed by atoms with Crippen molar-refractivity contribution in [3.63, 3.8) is 0 Å².